The highest BCUT2D eigenvalue weighted by Gasteiger charge is 2.46. The van der Waals surface area contributed by atoms with Gasteiger partial charge in [0.05, 0.1) is 56.2 Å². The summed E-state index contributed by atoms with van der Waals surface area (Å²) >= 11 is 0. The summed E-state index contributed by atoms with van der Waals surface area (Å²) in [4.78, 5) is 5.32. The molecule has 1 atom stereocenters. The number of anilines is 6. The number of benzene rings is 17. The molecule has 2 heterocycles. The van der Waals surface area contributed by atoms with E-state index in [-0.39, 0.29) is 16.2 Å². The summed E-state index contributed by atoms with van der Waals surface area (Å²) in [5.74, 6) is 0. The van der Waals surface area contributed by atoms with Crippen molar-refractivity contribution in [1.29, 1.82) is 0 Å². The summed E-state index contributed by atoms with van der Waals surface area (Å²) in [5.41, 5.74) is 39.3. The first-order valence-corrected chi connectivity index (χ1v) is 41.1. The number of hydrogen-bond donors (Lipinski definition) is 0. The molecule has 0 saturated heterocycles. The fraction of sp³-hybridized carbons (Fsp3) is 0.107. The summed E-state index contributed by atoms with van der Waals surface area (Å²) < 4.78 is 5.07. The minimum atomic E-state index is -0.500. The van der Waals surface area contributed by atoms with E-state index in [1.54, 1.807) is 0 Å². The van der Waals surface area contributed by atoms with Gasteiger partial charge in [-0.15, -0.1) is 0 Å². The predicted octanol–water partition coefficient (Wildman–Crippen LogP) is 29.8. The van der Waals surface area contributed by atoms with Crippen molar-refractivity contribution in [2.75, 3.05) is 9.80 Å². The van der Waals surface area contributed by atoms with E-state index in [1.807, 2.05) is 0 Å². The van der Waals surface area contributed by atoms with Crippen molar-refractivity contribution in [3.05, 3.63) is 420 Å². The van der Waals surface area contributed by atoms with Gasteiger partial charge in [-0.2, -0.15) is 0 Å². The average molecular weight is 1490 g/mol. The maximum absolute atomic E-state index is 2.66. The SMILES string of the molecule is CC1(C)c2ccccc2-c2c(N(c3cc(-n4c5ccccc5c5c(CC6(C)c7ccccc7-c7c(N(c8ccccc8-c8cccc(-n9c%10ccccc%10c%10ccccc%109)c8)c8cccc9c8C(C)(C)c8ccccc8-9)cccc76)cccc54)c4cccc(-c5ccccc5)c4c3)c3cccc4c3C(C)(C)c3ccccc3-4)cccc21. The fourth-order valence-electron chi connectivity index (χ4n) is 22.1. The molecule has 4 aliphatic carbocycles. The van der Waals surface area contributed by atoms with Gasteiger partial charge in [0.2, 0.25) is 0 Å². The molecular weight excluding hydrogens is 1400 g/mol. The van der Waals surface area contributed by atoms with Crippen LogP contribution in [0.3, 0.4) is 0 Å². The van der Waals surface area contributed by atoms with Crippen LogP contribution < -0.4 is 9.80 Å². The molecule has 0 bridgehead atoms. The molecule has 2 aromatic heterocycles. The van der Waals surface area contributed by atoms with Crippen LogP contribution in [-0.2, 0) is 28.1 Å². The highest BCUT2D eigenvalue weighted by Crippen LogP contribution is 2.63. The standard InChI is InChI=1S/C112H84N4/c1-109(2)90-53-21-13-44-84(90)105-92(109)55-32-62-99(105)114(101-64-30-49-82-77-40-11-19-51-88(77)110(3,4)107(82)101)74-67-87-75(70-34-9-8-10-35-70)47-29-48-81(87)103(68-74)116-97-60-26-18-46-86(97)104-72(37-28-61-98(104)116)69-112(7)91-54-22-14-45-85(91)106-93(112)56-33-63-100(106)115(102-65-31-50-83-78-41-12-20-52-89(78)111(5,6)108(83)102)94-57-23-15-39-76(94)71-36-27-38-73(66-71)113-95-58-24-16-42-79(95)80-43-17-25-59-96(80)113/h8-68H,69H2,1-7H3. The molecule has 0 radical (unpaired) electrons. The Kier molecular flexibility index (Phi) is 14.7. The summed E-state index contributed by atoms with van der Waals surface area (Å²) in [7, 11) is 0. The molecule has 0 fully saturated rings. The van der Waals surface area contributed by atoms with Gasteiger partial charge in [-0.1, -0.05) is 340 Å². The second-order valence-electron chi connectivity index (χ2n) is 34.4. The van der Waals surface area contributed by atoms with Crippen molar-refractivity contribution < 1.29 is 0 Å². The van der Waals surface area contributed by atoms with E-state index < -0.39 is 5.41 Å². The molecule has 4 heteroatoms. The van der Waals surface area contributed by atoms with Gasteiger partial charge in [0, 0.05) is 76.7 Å². The van der Waals surface area contributed by atoms with Crippen LogP contribution in [0.15, 0.2) is 370 Å². The molecule has 4 nitrogen and oxygen atoms in total. The van der Waals surface area contributed by atoms with Crippen molar-refractivity contribution in [2.45, 2.75) is 76.5 Å². The van der Waals surface area contributed by atoms with Gasteiger partial charge in [-0.05, 0) is 191 Å². The zero-order valence-corrected chi connectivity index (χ0v) is 66.2. The topological polar surface area (TPSA) is 16.3 Å². The Balaban J connectivity index is 0.735. The molecule has 4 aliphatic rings. The van der Waals surface area contributed by atoms with Crippen LogP contribution in [0, 0.1) is 0 Å². The van der Waals surface area contributed by atoms with Gasteiger partial charge < -0.3 is 18.9 Å². The smallest absolute Gasteiger partial charge is 0.0561 e. The lowest BCUT2D eigenvalue weighted by Gasteiger charge is -2.35. The zero-order valence-electron chi connectivity index (χ0n) is 66.2. The van der Waals surface area contributed by atoms with Crippen LogP contribution in [0.1, 0.15) is 98.5 Å². The molecule has 17 aromatic carbocycles. The molecule has 0 spiro atoms. The van der Waals surface area contributed by atoms with Crippen LogP contribution in [0.2, 0.25) is 0 Å². The van der Waals surface area contributed by atoms with Gasteiger partial charge in [0.25, 0.3) is 0 Å². The molecule has 1 unspecified atom stereocenters. The van der Waals surface area contributed by atoms with E-state index in [0.717, 1.165) is 57.2 Å². The minimum Gasteiger partial charge on any atom is -0.309 e. The van der Waals surface area contributed by atoms with E-state index in [9.17, 15) is 0 Å². The number of hydrogen-bond acceptors (Lipinski definition) is 2. The first-order valence-electron chi connectivity index (χ1n) is 41.1. The van der Waals surface area contributed by atoms with E-state index in [2.05, 4.69) is 437 Å². The normalized spacial score (nSPS) is 15.3. The highest BCUT2D eigenvalue weighted by atomic mass is 15.2. The van der Waals surface area contributed by atoms with Crippen molar-refractivity contribution in [3.8, 4) is 78.1 Å². The summed E-state index contributed by atoms with van der Waals surface area (Å²) in [6, 6.07) is 141. The molecular formula is C112H84N4. The largest absolute Gasteiger partial charge is 0.309 e. The van der Waals surface area contributed by atoms with Gasteiger partial charge in [-0.3, -0.25) is 0 Å². The highest BCUT2D eigenvalue weighted by molar-refractivity contribution is 6.15. The van der Waals surface area contributed by atoms with E-state index in [1.165, 1.54) is 166 Å². The van der Waals surface area contributed by atoms with Crippen molar-refractivity contribution >= 4 is 88.5 Å². The van der Waals surface area contributed by atoms with Crippen LogP contribution in [0.5, 0.6) is 0 Å². The fourth-order valence-corrected chi connectivity index (χ4v) is 22.1. The minimum absolute atomic E-state index is 0.232. The maximum Gasteiger partial charge on any atom is 0.0561 e. The van der Waals surface area contributed by atoms with Gasteiger partial charge in [0.15, 0.2) is 0 Å². The van der Waals surface area contributed by atoms with E-state index in [4.69, 9.17) is 0 Å². The maximum atomic E-state index is 2.66. The van der Waals surface area contributed by atoms with E-state index >= 15 is 0 Å². The third-order valence-corrected chi connectivity index (χ3v) is 27.1. The van der Waals surface area contributed by atoms with Gasteiger partial charge in [-0.25, -0.2) is 0 Å². The number of rotatable bonds is 12. The Labute approximate surface area is 677 Å². The van der Waals surface area contributed by atoms with Crippen LogP contribution >= 0.6 is 0 Å². The summed E-state index contributed by atoms with van der Waals surface area (Å²) in [5, 5.41) is 7.34. The third-order valence-electron chi connectivity index (χ3n) is 27.1. The van der Waals surface area contributed by atoms with Gasteiger partial charge in [0.1, 0.15) is 0 Å². The van der Waals surface area contributed by atoms with Crippen molar-refractivity contribution in [3.63, 3.8) is 0 Å². The molecule has 0 amide bonds. The zero-order chi connectivity index (χ0) is 77.7. The number of fused-ring (bicyclic) bond motifs is 19. The quantitative estimate of drug-likeness (QED) is 0.121. The van der Waals surface area contributed by atoms with Crippen LogP contribution in [0.4, 0.5) is 34.1 Å². The monoisotopic (exact) mass is 1480 g/mol. The lowest BCUT2D eigenvalue weighted by Crippen LogP contribution is -2.24. The number of aromatic nitrogens is 2. The lowest BCUT2D eigenvalue weighted by molar-refractivity contribution is 0.585. The average Bonchev–Trinajstić information content (AvgIpc) is 1.54. The molecule has 552 valence electrons. The van der Waals surface area contributed by atoms with Crippen molar-refractivity contribution in [1.82, 2.24) is 9.13 Å². The van der Waals surface area contributed by atoms with Crippen LogP contribution in [-0.4, -0.2) is 9.13 Å². The lowest BCUT2D eigenvalue weighted by atomic mass is 9.74. The summed E-state index contributed by atoms with van der Waals surface area (Å²) in [6.45, 7) is 17.1. The van der Waals surface area contributed by atoms with Gasteiger partial charge >= 0.3 is 0 Å². The van der Waals surface area contributed by atoms with Crippen molar-refractivity contribution in [2.24, 2.45) is 0 Å². The second-order valence-corrected chi connectivity index (χ2v) is 34.4. The molecule has 23 rings (SSSR count). The molecule has 0 saturated carbocycles. The number of nitrogens with zero attached hydrogens (tertiary/aromatic N) is 4. The first kappa shape index (κ1) is 67.9. The molecule has 19 aromatic rings. The molecule has 116 heavy (non-hydrogen) atoms. The third kappa shape index (κ3) is 9.56. The summed E-state index contributed by atoms with van der Waals surface area (Å²) in [6.07, 6.45) is 0.738. The molecule has 0 N–H and O–H groups in total. The Bertz CT molecular complexity index is 7330. The Morgan fingerprint density at radius 2 is 0.672 bits per heavy atom. The Hall–Kier alpha value is -13.8. The Morgan fingerprint density at radius 1 is 0.250 bits per heavy atom. The Morgan fingerprint density at radius 3 is 1.34 bits per heavy atom. The molecule has 0 aliphatic heterocycles. The van der Waals surface area contributed by atoms with E-state index in [0.29, 0.717) is 0 Å². The predicted molar refractivity (Wildman–Crippen MR) is 488 cm³/mol. The van der Waals surface area contributed by atoms with Crippen LogP contribution in [0.25, 0.3) is 133 Å². The second kappa shape index (κ2) is 25.1. The number of para-hydroxylation sites is 4. The first-order chi connectivity index (χ1) is 56.8.